The molecule has 0 aliphatic carbocycles. The average molecular weight is 530 g/mol. The number of rotatable bonds is 9. The zero-order valence-electron chi connectivity index (χ0n) is 23.3. The molecular formula is C32H35NO6. The first kappa shape index (κ1) is 27.8. The molecule has 0 aromatic heterocycles. The van der Waals surface area contributed by atoms with E-state index in [1.54, 1.807) is 49.6 Å². The maximum atomic E-state index is 13.6. The molecule has 1 atom stereocenters. The molecule has 0 radical (unpaired) electrons. The number of aliphatic hydroxyl groups is 1. The zero-order chi connectivity index (χ0) is 28.3. The van der Waals surface area contributed by atoms with Crippen molar-refractivity contribution in [3.63, 3.8) is 0 Å². The Kier molecular flexibility index (Phi) is 8.29. The Balaban J connectivity index is 1.94. The van der Waals surface area contributed by atoms with E-state index in [0.717, 1.165) is 11.1 Å². The second-order valence-corrected chi connectivity index (χ2v) is 10.0. The number of carbonyl (C=O) groups excluding carboxylic acids is 2. The van der Waals surface area contributed by atoms with Crippen molar-refractivity contribution in [1.29, 1.82) is 0 Å². The minimum Gasteiger partial charge on any atom is -0.507 e. The molecule has 1 fully saturated rings. The van der Waals surface area contributed by atoms with E-state index in [9.17, 15) is 14.7 Å². The summed E-state index contributed by atoms with van der Waals surface area (Å²) in [7, 11) is 1.55. The lowest BCUT2D eigenvalue weighted by atomic mass is 9.94. The van der Waals surface area contributed by atoms with Gasteiger partial charge in [0.2, 0.25) is 0 Å². The van der Waals surface area contributed by atoms with Crippen LogP contribution in [0.5, 0.6) is 17.2 Å². The van der Waals surface area contributed by atoms with Gasteiger partial charge in [-0.2, -0.15) is 0 Å². The smallest absolute Gasteiger partial charge is 0.300 e. The van der Waals surface area contributed by atoms with Gasteiger partial charge in [-0.15, -0.1) is 0 Å². The van der Waals surface area contributed by atoms with E-state index in [2.05, 4.69) is 0 Å². The van der Waals surface area contributed by atoms with Gasteiger partial charge in [-0.05, 0) is 73.7 Å². The van der Waals surface area contributed by atoms with Crippen LogP contribution in [0.2, 0.25) is 0 Å². The molecule has 1 aliphatic rings. The van der Waals surface area contributed by atoms with E-state index in [0.29, 0.717) is 53.2 Å². The number of Topliss-reactive ketones (excluding diaryl/α,β-unsaturated/α-hetero) is 1. The van der Waals surface area contributed by atoms with Crippen LogP contribution in [-0.4, -0.2) is 37.1 Å². The summed E-state index contributed by atoms with van der Waals surface area (Å²) < 4.78 is 17.1. The highest BCUT2D eigenvalue weighted by Crippen LogP contribution is 2.45. The molecule has 1 aliphatic heterocycles. The summed E-state index contributed by atoms with van der Waals surface area (Å²) in [5.41, 5.74) is 3.36. The number of anilines is 1. The number of ketones is 1. The molecule has 1 N–H and O–H groups in total. The van der Waals surface area contributed by atoms with Crippen molar-refractivity contribution in [2.45, 2.75) is 40.7 Å². The summed E-state index contributed by atoms with van der Waals surface area (Å²) in [6.45, 7) is 10.7. The van der Waals surface area contributed by atoms with E-state index >= 15 is 0 Å². The maximum absolute atomic E-state index is 13.6. The van der Waals surface area contributed by atoms with Crippen molar-refractivity contribution in [3.05, 3.63) is 88.5 Å². The third kappa shape index (κ3) is 5.62. The molecule has 4 rings (SSSR count). The Morgan fingerprint density at radius 1 is 0.974 bits per heavy atom. The van der Waals surface area contributed by atoms with Gasteiger partial charge in [-0.3, -0.25) is 14.5 Å². The number of hydrogen-bond donors (Lipinski definition) is 1. The molecule has 3 aromatic rings. The molecule has 204 valence electrons. The quantitative estimate of drug-likeness (QED) is 0.197. The highest BCUT2D eigenvalue weighted by Gasteiger charge is 2.47. The molecule has 3 aromatic carbocycles. The predicted molar refractivity (Wildman–Crippen MR) is 152 cm³/mol. The number of carbonyl (C=O) groups is 2. The number of benzene rings is 3. The molecule has 1 heterocycles. The molecule has 0 saturated carbocycles. The van der Waals surface area contributed by atoms with Crippen LogP contribution in [0.4, 0.5) is 5.69 Å². The third-order valence-electron chi connectivity index (χ3n) is 6.56. The Labute approximate surface area is 229 Å². The molecule has 0 bridgehead atoms. The van der Waals surface area contributed by atoms with Crippen molar-refractivity contribution in [2.75, 3.05) is 25.2 Å². The molecule has 7 nitrogen and oxygen atoms in total. The topological polar surface area (TPSA) is 85.3 Å². The van der Waals surface area contributed by atoms with Crippen LogP contribution in [0.1, 0.15) is 49.1 Å². The fourth-order valence-corrected chi connectivity index (χ4v) is 4.66. The predicted octanol–water partition coefficient (Wildman–Crippen LogP) is 6.37. The highest BCUT2D eigenvalue weighted by molar-refractivity contribution is 6.51. The van der Waals surface area contributed by atoms with Gasteiger partial charge in [-0.1, -0.05) is 44.2 Å². The maximum Gasteiger partial charge on any atom is 0.300 e. The molecule has 39 heavy (non-hydrogen) atoms. The monoisotopic (exact) mass is 529 g/mol. The highest BCUT2D eigenvalue weighted by atomic mass is 16.5. The number of nitrogens with zero attached hydrogens (tertiary/aromatic N) is 1. The molecular weight excluding hydrogens is 494 g/mol. The van der Waals surface area contributed by atoms with E-state index in [4.69, 9.17) is 14.2 Å². The van der Waals surface area contributed by atoms with Gasteiger partial charge in [0.15, 0.2) is 11.5 Å². The van der Waals surface area contributed by atoms with Crippen molar-refractivity contribution in [3.8, 4) is 17.2 Å². The van der Waals surface area contributed by atoms with Crippen molar-refractivity contribution < 1.29 is 28.9 Å². The number of amides is 1. The summed E-state index contributed by atoms with van der Waals surface area (Å²) in [5, 5.41) is 11.6. The van der Waals surface area contributed by atoms with E-state index < -0.39 is 17.7 Å². The van der Waals surface area contributed by atoms with E-state index in [-0.39, 0.29) is 11.3 Å². The minimum absolute atomic E-state index is 0.00506. The van der Waals surface area contributed by atoms with Gasteiger partial charge in [-0.25, -0.2) is 0 Å². The number of aliphatic hydroxyl groups excluding tert-OH is 1. The summed E-state index contributed by atoms with van der Waals surface area (Å²) in [6, 6.07) is 17.0. The molecule has 1 unspecified atom stereocenters. The number of methoxy groups -OCH3 is 1. The van der Waals surface area contributed by atoms with Gasteiger partial charge in [0.1, 0.15) is 11.5 Å². The SMILES string of the molecule is CCOc1cc(C2/C(=C(/O)c3cccc(OCC(C)C)c3)C(=O)C(=O)N2c2cc(C)ccc2C)ccc1OC. The fourth-order valence-electron chi connectivity index (χ4n) is 4.66. The lowest BCUT2D eigenvalue weighted by molar-refractivity contribution is -0.132. The van der Waals surface area contributed by atoms with Crippen LogP contribution in [0.3, 0.4) is 0 Å². The first-order valence-corrected chi connectivity index (χ1v) is 13.1. The second kappa shape index (κ2) is 11.6. The molecule has 1 saturated heterocycles. The van der Waals surface area contributed by atoms with E-state index in [1.165, 1.54) is 4.90 Å². The Morgan fingerprint density at radius 2 is 1.74 bits per heavy atom. The van der Waals surface area contributed by atoms with Crippen LogP contribution in [0.25, 0.3) is 5.76 Å². The van der Waals surface area contributed by atoms with Gasteiger partial charge in [0.25, 0.3) is 11.7 Å². The average Bonchev–Trinajstić information content (AvgIpc) is 3.18. The number of hydrogen-bond acceptors (Lipinski definition) is 6. The van der Waals surface area contributed by atoms with Crippen LogP contribution in [-0.2, 0) is 9.59 Å². The van der Waals surface area contributed by atoms with Crippen molar-refractivity contribution in [1.82, 2.24) is 0 Å². The number of aryl methyl sites for hydroxylation is 2. The first-order chi connectivity index (χ1) is 18.7. The Bertz CT molecular complexity index is 1420. The summed E-state index contributed by atoms with van der Waals surface area (Å²) >= 11 is 0. The van der Waals surface area contributed by atoms with E-state index in [1.807, 2.05) is 52.8 Å². The first-order valence-electron chi connectivity index (χ1n) is 13.1. The normalized spacial score (nSPS) is 16.6. The van der Waals surface area contributed by atoms with Gasteiger partial charge in [0, 0.05) is 11.3 Å². The van der Waals surface area contributed by atoms with Gasteiger partial charge in [0.05, 0.1) is 31.9 Å². The van der Waals surface area contributed by atoms with Gasteiger partial charge >= 0.3 is 0 Å². The zero-order valence-corrected chi connectivity index (χ0v) is 23.3. The summed E-state index contributed by atoms with van der Waals surface area (Å²) in [6.07, 6.45) is 0. The Hall–Kier alpha value is -4.26. The van der Waals surface area contributed by atoms with Gasteiger partial charge < -0.3 is 19.3 Å². The molecule has 0 spiro atoms. The van der Waals surface area contributed by atoms with Crippen molar-refractivity contribution >= 4 is 23.1 Å². The third-order valence-corrected chi connectivity index (χ3v) is 6.56. The van der Waals surface area contributed by atoms with Crippen LogP contribution < -0.4 is 19.1 Å². The fraction of sp³-hybridized carbons (Fsp3) is 0.312. The van der Waals surface area contributed by atoms with Crippen LogP contribution >= 0.6 is 0 Å². The lowest BCUT2D eigenvalue weighted by Gasteiger charge is -2.27. The van der Waals surface area contributed by atoms with Crippen LogP contribution in [0.15, 0.2) is 66.2 Å². The number of ether oxygens (including phenoxy) is 3. The molecule has 1 amide bonds. The standard InChI is InChI=1S/C32H35NO6/c1-7-38-27-17-22(13-14-26(27)37-6)29-28(30(34)23-9-8-10-24(16-23)39-18-19(2)3)31(35)32(36)33(29)25-15-20(4)11-12-21(25)5/h8-17,19,29,34H,7,18H2,1-6H3/b30-28-. The minimum atomic E-state index is -0.893. The summed E-state index contributed by atoms with van der Waals surface area (Å²) in [5.74, 6) is 0.148. The largest absolute Gasteiger partial charge is 0.507 e. The lowest BCUT2D eigenvalue weighted by Crippen LogP contribution is -2.30. The van der Waals surface area contributed by atoms with Crippen LogP contribution in [0, 0.1) is 19.8 Å². The molecule has 7 heteroatoms. The Morgan fingerprint density at radius 3 is 2.44 bits per heavy atom. The van der Waals surface area contributed by atoms with Crippen molar-refractivity contribution in [2.24, 2.45) is 5.92 Å². The summed E-state index contributed by atoms with van der Waals surface area (Å²) in [4.78, 5) is 28.7. The second-order valence-electron chi connectivity index (χ2n) is 10.0.